The quantitative estimate of drug-likeness (QED) is 0.491. The SMILES string of the molecule is CC(C)N[C@@H](CCCNC(=O)N1CCN(CC(=O)O)CC1)C(=O)C(C)C. The van der Waals surface area contributed by atoms with Gasteiger partial charge in [-0.15, -0.1) is 0 Å². The van der Waals surface area contributed by atoms with Crippen LogP contribution in [0.3, 0.4) is 0 Å². The number of carbonyl (C=O) groups excluding carboxylic acids is 2. The number of ketones is 1. The maximum Gasteiger partial charge on any atom is 0.317 e. The number of nitrogens with one attached hydrogen (secondary N) is 2. The Morgan fingerprint density at radius 1 is 1.04 bits per heavy atom. The maximum absolute atomic E-state index is 12.3. The molecule has 1 heterocycles. The largest absolute Gasteiger partial charge is 0.480 e. The fourth-order valence-corrected chi connectivity index (χ4v) is 3.03. The molecule has 8 nitrogen and oxygen atoms in total. The Kier molecular flexibility index (Phi) is 9.58. The van der Waals surface area contributed by atoms with Crippen molar-refractivity contribution in [1.29, 1.82) is 0 Å². The van der Waals surface area contributed by atoms with Crippen molar-refractivity contribution in [2.24, 2.45) is 5.92 Å². The van der Waals surface area contributed by atoms with E-state index in [0.717, 1.165) is 6.42 Å². The lowest BCUT2D eigenvalue weighted by Gasteiger charge is -2.33. The standard InChI is InChI=1S/C18H34N4O4/c1-13(2)17(25)15(20-14(3)4)6-5-7-19-18(26)22-10-8-21(9-11-22)12-16(23)24/h13-15,20H,5-12H2,1-4H3,(H,19,26)(H,23,24)/t15-/m0/s1. The summed E-state index contributed by atoms with van der Waals surface area (Å²) >= 11 is 0. The van der Waals surface area contributed by atoms with Gasteiger partial charge in [0, 0.05) is 44.7 Å². The molecule has 0 bridgehead atoms. The first-order valence-electron chi connectivity index (χ1n) is 9.47. The number of hydrogen-bond acceptors (Lipinski definition) is 5. The smallest absolute Gasteiger partial charge is 0.317 e. The van der Waals surface area contributed by atoms with Crippen LogP contribution in [0.4, 0.5) is 4.79 Å². The number of nitrogens with zero attached hydrogens (tertiary/aromatic N) is 2. The van der Waals surface area contributed by atoms with E-state index in [4.69, 9.17) is 5.11 Å². The van der Waals surface area contributed by atoms with E-state index in [-0.39, 0.29) is 36.4 Å². The first-order chi connectivity index (χ1) is 12.2. The van der Waals surface area contributed by atoms with E-state index in [0.29, 0.717) is 39.1 Å². The third-order valence-corrected chi connectivity index (χ3v) is 4.41. The lowest BCUT2D eigenvalue weighted by Crippen LogP contribution is -2.52. The van der Waals surface area contributed by atoms with Gasteiger partial charge in [-0.3, -0.25) is 14.5 Å². The fraction of sp³-hybridized carbons (Fsp3) is 0.833. The summed E-state index contributed by atoms with van der Waals surface area (Å²) in [6.45, 7) is 10.6. The van der Waals surface area contributed by atoms with E-state index in [1.807, 2.05) is 32.6 Å². The van der Waals surface area contributed by atoms with Crippen LogP contribution in [0.1, 0.15) is 40.5 Å². The number of amides is 2. The zero-order valence-electron chi connectivity index (χ0n) is 16.5. The molecule has 0 aromatic carbocycles. The maximum atomic E-state index is 12.3. The van der Waals surface area contributed by atoms with Gasteiger partial charge in [-0.2, -0.15) is 0 Å². The molecule has 8 heteroatoms. The van der Waals surface area contributed by atoms with Crippen molar-refractivity contribution < 1.29 is 19.5 Å². The van der Waals surface area contributed by atoms with Crippen molar-refractivity contribution in [3.63, 3.8) is 0 Å². The molecule has 26 heavy (non-hydrogen) atoms. The highest BCUT2D eigenvalue weighted by atomic mass is 16.4. The highest BCUT2D eigenvalue weighted by molar-refractivity contribution is 5.85. The summed E-state index contributed by atoms with van der Waals surface area (Å²) in [7, 11) is 0. The number of carboxylic acids is 1. The van der Waals surface area contributed by atoms with E-state index in [9.17, 15) is 14.4 Å². The summed E-state index contributed by atoms with van der Waals surface area (Å²) in [4.78, 5) is 38.7. The third kappa shape index (κ3) is 8.14. The molecule has 0 aliphatic carbocycles. The van der Waals surface area contributed by atoms with Gasteiger partial charge in [0.2, 0.25) is 0 Å². The molecule has 0 saturated carbocycles. The number of urea groups is 1. The second kappa shape index (κ2) is 11.1. The van der Waals surface area contributed by atoms with Crippen LogP contribution in [-0.2, 0) is 9.59 Å². The molecule has 1 aliphatic rings. The topological polar surface area (TPSA) is 102 Å². The van der Waals surface area contributed by atoms with Gasteiger partial charge < -0.3 is 20.6 Å². The normalized spacial score (nSPS) is 16.8. The van der Waals surface area contributed by atoms with Crippen molar-refractivity contribution in [3.8, 4) is 0 Å². The van der Waals surface area contributed by atoms with Crippen LogP contribution in [0.2, 0.25) is 0 Å². The molecule has 1 atom stereocenters. The van der Waals surface area contributed by atoms with Crippen molar-refractivity contribution >= 4 is 17.8 Å². The van der Waals surface area contributed by atoms with Crippen LogP contribution in [0.5, 0.6) is 0 Å². The van der Waals surface area contributed by atoms with Gasteiger partial charge in [-0.05, 0) is 12.8 Å². The second-order valence-electron chi connectivity index (χ2n) is 7.46. The lowest BCUT2D eigenvalue weighted by molar-refractivity contribution is -0.138. The molecule has 0 aromatic heterocycles. The Hall–Kier alpha value is -1.67. The first kappa shape index (κ1) is 22.4. The Morgan fingerprint density at radius 2 is 1.65 bits per heavy atom. The molecule has 0 unspecified atom stereocenters. The summed E-state index contributed by atoms with van der Waals surface area (Å²) in [6.07, 6.45) is 1.43. The molecule has 1 aliphatic heterocycles. The number of carbonyl (C=O) groups is 3. The zero-order valence-corrected chi connectivity index (χ0v) is 16.5. The highest BCUT2D eigenvalue weighted by Crippen LogP contribution is 2.07. The van der Waals surface area contributed by atoms with Crippen LogP contribution >= 0.6 is 0 Å². The minimum Gasteiger partial charge on any atom is -0.480 e. The average molecular weight is 370 g/mol. The summed E-state index contributed by atoms with van der Waals surface area (Å²) in [5.74, 6) is -0.647. The number of aliphatic carboxylic acids is 1. The van der Waals surface area contributed by atoms with Crippen molar-refractivity contribution in [2.45, 2.75) is 52.6 Å². The van der Waals surface area contributed by atoms with Crippen molar-refractivity contribution in [3.05, 3.63) is 0 Å². The summed E-state index contributed by atoms with van der Waals surface area (Å²) in [5.41, 5.74) is 0. The third-order valence-electron chi connectivity index (χ3n) is 4.41. The van der Waals surface area contributed by atoms with Crippen LogP contribution in [0.15, 0.2) is 0 Å². The molecule has 150 valence electrons. The Balaban J connectivity index is 2.30. The van der Waals surface area contributed by atoms with E-state index in [1.54, 1.807) is 4.90 Å². The summed E-state index contributed by atoms with van der Waals surface area (Å²) in [5, 5.41) is 15.0. The summed E-state index contributed by atoms with van der Waals surface area (Å²) < 4.78 is 0. The van der Waals surface area contributed by atoms with Gasteiger partial charge in [-0.25, -0.2) is 4.79 Å². The predicted octanol–water partition coefficient (Wildman–Crippen LogP) is 0.770. The molecule has 0 radical (unpaired) electrons. The molecule has 3 N–H and O–H groups in total. The van der Waals surface area contributed by atoms with Gasteiger partial charge in [0.15, 0.2) is 5.78 Å². The average Bonchev–Trinajstić information content (AvgIpc) is 2.56. The minimum absolute atomic E-state index is 0.0112. The Morgan fingerprint density at radius 3 is 2.15 bits per heavy atom. The van der Waals surface area contributed by atoms with Crippen LogP contribution in [-0.4, -0.2) is 84.0 Å². The molecule has 1 saturated heterocycles. The Labute approximate surface area is 156 Å². The molecule has 2 amide bonds. The van der Waals surface area contributed by atoms with Crippen molar-refractivity contribution in [1.82, 2.24) is 20.4 Å². The van der Waals surface area contributed by atoms with Gasteiger partial charge in [-0.1, -0.05) is 27.7 Å². The number of carboxylic acid groups (broad SMARTS) is 1. The van der Waals surface area contributed by atoms with E-state index in [2.05, 4.69) is 10.6 Å². The van der Waals surface area contributed by atoms with Crippen molar-refractivity contribution in [2.75, 3.05) is 39.3 Å². The number of piperazine rings is 1. The molecular formula is C18H34N4O4. The van der Waals surface area contributed by atoms with Crippen LogP contribution in [0, 0.1) is 5.92 Å². The second-order valence-corrected chi connectivity index (χ2v) is 7.46. The van der Waals surface area contributed by atoms with E-state index in [1.165, 1.54) is 0 Å². The number of hydrogen-bond donors (Lipinski definition) is 3. The molecule has 0 spiro atoms. The monoisotopic (exact) mass is 370 g/mol. The van der Waals surface area contributed by atoms with Gasteiger partial charge >= 0.3 is 12.0 Å². The van der Waals surface area contributed by atoms with E-state index >= 15 is 0 Å². The van der Waals surface area contributed by atoms with Crippen LogP contribution < -0.4 is 10.6 Å². The number of rotatable bonds is 10. The van der Waals surface area contributed by atoms with E-state index < -0.39 is 5.97 Å². The zero-order chi connectivity index (χ0) is 19.7. The molecular weight excluding hydrogens is 336 g/mol. The minimum atomic E-state index is -0.844. The highest BCUT2D eigenvalue weighted by Gasteiger charge is 2.23. The molecule has 1 fully saturated rings. The fourth-order valence-electron chi connectivity index (χ4n) is 3.03. The van der Waals surface area contributed by atoms with Gasteiger partial charge in [0.05, 0.1) is 12.6 Å². The first-order valence-corrected chi connectivity index (χ1v) is 9.47. The summed E-state index contributed by atoms with van der Waals surface area (Å²) in [6, 6.07) is -0.0608. The number of Topliss-reactive ketones (excluding diaryl/α,β-unsaturated/α-hetero) is 1. The van der Waals surface area contributed by atoms with Crippen LogP contribution in [0.25, 0.3) is 0 Å². The van der Waals surface area contributed by atoms with Gasteiger partial charge in [0.25, 0.3) is 0 Å². The molecule has 0 aromatic rings. The Bertz CT molecular complexity index is 474. The van der Waals surface area contributed by atoms with Gasteiger partial charge in [0.1, 0.15) is 0 Å². The lowest BCUT2D eigenvalue weighted by atomic mass is 9.97. The molecule has 1 rings (SSSR count). The predicted molar refractivity (Wildman–Crippen MR) is 100 cm³/mol.